The van der Waals surface area contributed by atoms with Crippen LogP contribution in [0.25, 0.3) is 16.9 Å². The summed E-state index contributed by atoms with van der Waals surface area (Å²) in [6.07, 6.45) is 10.3. The zero-order valence-corrected chi connectivity index (χ0v) is 23.4. The molecule has 0 aliphatic carbocycles. The Morgan fingerprint density at radius 3 is 2.42 bits per heavy atom. The number of aryl methyl sites for hydroxylation is 1. The fraction of sp³-hybridized carbons (Fsp3) is 0.548. The number of hydrogen-bond donors (Lipinski definition) is 1. The predicted octanol–water partition coefficient (Wildman–Crippen LogP) is 8.59. The summed E-state index contributed by atoms with van der Waals surface area (Å²) in [6.45, 7) is 15.5. The molecule has 196 valence electrons. The molecule has 36 heavy (non-hydrogen) atoms. The van der Waals surface area contributed by atoms with E-state index in [1.54, 1.807) is 0 Å². The maximum absolute atomic E-state index is 12.7. The third-order valence-corrected chi connectivity index (χ3v) is 6.31. The molecule has 5 heteroatoms. The fourth-order valence-electron chi connectivity index (χ4n) is 5.12. The lowest BCUT2D eigenvalue weighted by Crippen LogP contribution is -2.36. The number of nitrogens with zero attached hydrogens (tertiary/aromatic N) is 2. The van der Waals surface area contributed by atoms with Crippen molar-refractivity contribution in [2.75, 3.05) is 5.32 Å². The summed E-state index contributed by atoms with van der Waals surface area (Å²) in [5.41, 5.74) is 3.63. The van der Waals surface area contributed by atoms with Gasteiger partial charge in [0.1, 0.15) is 22.9 Å². The molecule has 0 saturated carbocycles. The minimum atomic E-state index is -0.180. The highest BCUT2D eigenvalue weighted by molar-refractivity contribution is 5.83. The third kappa shape index (κ3) is 7.84. The molecule has 3 aromatic rings. The molecule has 0 atom stereocenters. The van der Waals surface area contributed by atoms with Crippen LogP contribution in [0.5, 0.6) is 5.75 Å². The molecule has 3 rings (SSSR count). The SMILES string of the molecule is CCCCCCCCC(=O)Oc1ccccc1-c1nc2cc(C)ccn2c1NC(C)(C)CC(C)(C)C. The van der Waals surface area contributed by atoms with Crippen molar-refractivity contribution in [3.8, 4) is 17.0 Å². The lowest BCUT2D eigenvalue weighted by molar-refractivity contribution is -0.134. The molecule has 0 aliphatic heterocycles. The van der Waals surface area contributed by atoms with E-state index in [0.29, 0.717) is 12.2 Å². The molecule has 0 fully saturated rings. The molecule has 0 saturated heterocycles. The number of esters is 1. The predicted molar refractivity (Wildman–Crippen MR) is 151 cm³/mol. The number of ether oxygens (including phenoxy) is 1. The summed E-state index contributed by atoms with van der Waals surface area (Å²) in [4.78, 5) is 17.7. The van der Waals surface area contributed by atoms with E-state index in [2.05, 4.69) is 76.5 Å². The zero-order valence-electron chi connectivity index (χ0n) is 23.4. The maximum Gasteiger partial charge on any atom is 0.311 e. The second-order valence-corrected chi connectivity index (χ2v) is 12.0. The molecule has 0 bridgehead atoms. The highest BCUT2D eigenvalue weighted by Crippen LogP contribution is 2.38. The number of carbonyl (C=O) groups is 1. The van der Waals surface area contributed by atoms with Gasteiger partial charge in [-0.05, 0) is 68.9 Å². The largest absolute Gasteiger partial charge is 0.426 e. The third-order valence-electron chi connectivity index (χ3n) is 6.31. The number of rotatable bonds is 12. The molecule has 0 aliphatic rings. The smallest absolute Gasteiger partial charge is 0.311 e. The zero-order chi connectivity index (χ0) is 26.3. The second kappa shape index (κ2) is 11.9. The van der Waals surface area contributed by atoms with Crippen LogP contribution in [0.2, 0.25) is 0 Å². The normalized spacial score (nSPS) is 12.2. The maximum atomic E-state index is 12.7. The molecular formula is C31H45N3O2. The summed E-state index contributed by atoms with van der Waals surface area (Å²) in [5.74, 6) is 1.30. The Balaban J connectivity index is 1.89. The first-order chi connectivity index (χ1) is 17.0. The van der Waals surface area contributed by atoms with Gasteiger partial charge in [0, 0.05) is 23.7 Å². The van der Waals surface area contributed by atoms with E-state index in [0.717, 1.165) is 47.5 Å². The molecular weight excluding hydrogens is 446 g/mol. The van der Waals surface area contributed by atoms with Crippen molar-refractivity contribution < 1.29 is 9.53 Å². The average molecular weight is 492 g/mol. The van der Waals surface area contributed by atoms with Crippen LogP contribution in [0.4, 0.5) is 5.82 Å². The Kier molecular flexibility index (Phi) is 9.21. The molecule has 0 unspecified atom stereocenters. The first-order valence-electron chi connectivity index (χ1n) is 13.6. The van der Waals surface area contributed by atoms with Gasteiger partial charge in [0.25, 0.3) is 0 Å². The van der Waals surface area contributed by atoms with E-state index in [1.807, 2.05) is 24.3 Å². The van der Waals surface area contributed by atoms with Crippen LogP contribution in [-0.4, -0.2) is 20.9 Å². The topological polar surface area (TPSA) is 55.6 Å². The Hall–Kier alpha value is -2.82. The Morgan fingerprint density at radius 2 is 1.69 bits per heavy atom. The van der Waals surface area contributed by atoms with Crippen LogP contribution >= 0.6 is 0 Å². The number of unbranched alkanes of at least 4 members (excludes halogenated alkanes) is 5. The van der Waals surface area contributed by atoms with Crippen LogP contribution in [-0.2, 0) is 4.79 Å². The van der Waals surface area contributed by atoms with E-state index in [1.165, 1.54) is 25.7 Å². The van der Waals surface area contributed by atoms with Gasteiger partial charge < -0.3 is 10.1 Å². The molecule has 0 amide bonds. The van der Waals surface area contributed by atoms with Crippen LogP contribution in [0.3, 0.4) is 0 Å². The number of carbonyl (C=O) groups excluding carboxylic acids is 1. The van der Waals surface area contributed by atoms with E-state index >= 15 is 0 Å². The monoisotopic (exact) mass is 491 g/mol. The van der Waals surface area contributed by atoms with Crippen molar-refractivity contribution in [3.63, 3.8) is 0 Å². The van der Waals surface area contributed by atoms with Gasteiger partial charge in [0.2, 0.25) is 0 Å². The summed E-state index contributed by atoms with van der Waals surface area (Å²) in [6, 6.07) is 11.9. The van der Waals surface area contributed by atoms with Gasteiger partial charge in [-0.2, -0.15) is 0 Å². The summed E-state index contributed by atoms with van der Waals surface area (Å²) in [5, 5.41) is 3.78. The van der Waals surface area contributed by atoms with Crippen molar-refractivity contribution in [2.45, 2.75) is 105 Å². The van der Waals surface area contributed by atoms with Gasteiger partial charge in [-0.3, -0.25) is 9.20 Å². The number of aromatic nitrogens is 2. The standard InChI is InChI=1S/C31H45N3O2/c1-8-9-10-11-12-13-18-27(35)36-25-17-15-14-16-24(25)28-29(33-31(6,7)22-30(3,4)5)34-20-19-23(2)21-26(34)32-28/h14-17,19-21,33H,8-13,18,22H2,1-7H3. The first-order valence-corrected chi connectivity index (χ1v) is 13.6. The minimum absolute atomic E-state index is 0.164. The van der Waals surface area contributed by atoms with Crippen molar-refractivity contribution in [1.82, 2.24) is 9.38 Å². The summed E-state index contributed by atoms with van der Waals surface area (Å²) in [7, 11) is 0. The van der Waals surface area contributed by atoms with Gasteiger partial charge in [-0.25, -0.2) is 4.98 Å². The number of benzene rings is 1. The van der Waals surface area contributed by atoms with Crippen molar-refractivity contribution in [2.24, 2.45) is 5.41 Å². The summed E-state index contributed by atoms with van der Waals surface area (Å²) >= 11 is 0. The molecule has 1 aromatic carbocycles. The number of hydrogen-bond acceptors (Lipinski definition) is 4. The Morgan fingerprint density at radius 1 is 1.00 bits per heavy atom. The molecule has 2 aromatic heterocycles. The van der Waals surface area contributed by atoms with E-state index < -0.39 is 0 Å². The van der Waals surface area contributed by atoms with Gasteiger partial charge in [0.15, 0.2) is 0 Å². The molecule has 1 N–H and O–H groups in total. The van der Waals surface area contributed by atoms with Crippen LogP contribution in [0.1, 0.15) is 98.5 Å². The van der Waals surface area contributed by atoms with E-state index in [9.17, 15) is 4.79 Å². The van der Waals surface area contributed by atoms with Gasteiger partial charge >= 0.3 is 5.97 Å². The van der Waals surface area contributed by atoms with Crippen molar-refractivity contribution in [1.29, 1.82) is 0 Å². The van der Waals surface area contributed by atoms with E-state index in [-0.39, 0.29) is 16.9 Å². The Bertz CT molecular complexity index is 1150. The lowest BCUT2D eigenvalue weighted by Gasteiger charge is -2.34. The highest BCUT2D eigenvalue weighted by Gasteiger charge is 2.29. The number of fused-ring (bicyclic) bond motifs is 1. The van der Waals surface area contributed by atoms with Crippen LogP contribution in [0.15, 0.2) is 42.6 Å². The minimum Gasteiger partial charge on any atom is -0.426 e. The van der Waals surface area contributed by atoms with Crippen molar-refractivity contribution >= 4 is 17.4 Å². The molecule has 5 nitrogen and oxygen atoms in total. The molecule has 0 radical (unpaired) electrons. The summed E-state index contributed by atoms with van der Waals surface area (Å²) < 4.78 is 8.00. The molecule has 2 heterocycles. The van der Waals surface area contributed by atoms with Crippen LogP contribution in [0, 0.1) is 12.3 Å². The van der Waals surface area contributed by atoms with Crippen LogP contribution < -0.4 is 10.1 Å². The van der Waals surface area contributed by atoms with E-state index in [4.69, 9.17) is 9.72 Å². The number of para-hydroxylation sites is 1. The number of pyridine rings is 1. The molecule has 0 spiro atoms. The fourth-order valence-corrected chi connectivity index (χ4v) is 5.12. The van der Waals surface area contributed by atoms with Gasteiger partial charge in [-0.15, -0.1) is 0 Å². The average Bonchev–Trinajstić information content (AvgIpc) is 3.11. The second-order valence-electron chi connectivity index (χ2n) is 12.0. The van der Waals surface area contributed by atoms with Crippen molar-refractivity contribution in [3.05, 3.63) is 48.2 Å². The highest BCUT2D eigenvalue weighted by atomic mass is 16.5. The quantitative estimate of drug-likeness (QED) is 0.157. The Labute approximate surface area is 217 Å². The first kappa shape index (κ1) is 27.8. The number of nitrogens with one attached hydrogen (secondary N) is 1. The van der Waals surface area contributed by atoms with Gasteiger partial charge in [-0.1, -0.05) is 71.9 Å². The number of anilines is 1. The lowest BCUT2D eigenvalue weighted by atomic mass is 9.82. The van der Waals surface area contributed by atoms with Gasteiger partial charge in [0.05, 0.1) is 0 Å². The number of imidazole rings is 1.